The molecule has 0 saturated heterocycles. The van der Waals surface area contributed by atoms with Gasteiger partial charge in [0.25, 0.3) is 0 Å². The molecule has 3 nitrogen and oxygen atoms in total. The summed E-state index contributed by atoms with van der Waals surface area (Å²) < 4.78 is 23.2. The molecule has 1 unspecified atom stereocenters. The van der Waals surface area contributed by atoms with Crippen LogP contribution in [0.5, 0.6) is 0 Å². The Kier molecular flexibility index (Phi) is 5.96. The third kappa shape index (κ3) is 4.86. The Bertz CT molecular complexity index is 474. The molecule has 0 fully saturated rings. The van der Waals surface area contributed by atoms with E-state index < -0.39 is 9.84 Å². The molecule has 0 amide bonds. The maximum Gasteiger partial charge on any atom is 0.177 e. The Morgan fingerprint density at radius 2 is 2.00 bits per heavy atom. The van der Waals surface area contributed by atoms with Gasteiger partial charge in [0.05, 0.1) is 10.6 Å². The van der Waals surface area contributed by atoms with Crippen molar-refractivity contribution in [1.29, 1.82) is 0 Å². The maximum absolute atomic E-state index is 11.6. The summed E-state index contributed by atoms with van der Waals surface area (Å²) in [6, 6.07) is 6.98. The van der Waals surface area contributed by atoms with Gasteiger partial charge in [-0.1, -0.05) is 19.1 Å². The van der Waals surface area contributed by atoms with Crippen molar-refractivity contribution >= 4 is 27.1 Å². The van der Waals surface area contributed by atoms with E-state index in [4.69, 9.17) is 11.6 Å². The average molecular weight is 290 g/mol. The zero-order valence-corrected chi connectivity index (χ0v) is 12.4. The van der Waals surface area contributed by atoms with Gasteiger partial charge in [-0.25, -0.2) is 8.42 Å². The molecule has 0 aliphatic heterocycles. The van der Waals surface area contributed by atoms with Crippen LogP contribution in [0.3, 0.4) is 0 Å². The Morgan fingerprint density at radius 3 is 2.61 bits per heavy atom. The molecule has 18 heavy (non-hydrogen) atoms. The second-order valence-electron chi connectivity index (χ2n) is 4.60. The molecule has 0 aliphatic carbocycles. The van der Waals surface area contributed by atoms with E-state index in [-0.39, 0.29) is 0 Å². The number of benzene rings is 1. The second-order valence-corrected chi connectivity index (χ2v) is 6.89. The van der Waals surface area contributed by atoms with Crippen molar-refractivity contribution in [3.63, 3.8) is 0 Å². The smallest absolute Gasteiger partial charge is 0.177 e. The first-order valence-electron chi connectivity index (χ1n) is 6.04. The number of hydrogen-bond donors (Lipinski definition) is 1. The number of hydrogen-bond acceptors (Lipinski definition) is 3. The number of halogens is 1. The first kappa shape index (κ1) is 15.3. The van der Waals surface area contributed by atoms with E-state index in [1.807, 2.05) is 6.07 Å². The molecule has 1 aromatic rings. The van der Waals surface area contributed by atoms with Gasteiger partial charge in [0, 0.05) is 18.7 Å². The maximum atomic E-state index is 11.6. The monoisotopic (exact) mass is 289 g/mol. The first-order chi connectivity index (χ1) is 8.45. The largest absolute Gasteiger partial charge is 0.384 e. The molecule has 1 N–H and O–H groups in total. The fourth-order valence-corrected chi connectivity index (χ4v) is 2.71. The van der Waals surface area contributed by atoms with Gasteiger partial charge in [-0.05, 0) is 30.9 Å². The topological polar surface area (TPSA) is 46.2 Å². The lowest BCUT2D eigenvalue weighted by atomic mass is 10.1. The van der Waals surface area contributed by atoms with Crippen molar-refractivity contribution in [1.82, 2.24) is 0 Å². The molecule has 0 bridgehead atoms. The van der Waals surface area contributed by atoms with E-state index in [2.05, 4.69) is 12.2 Å². The van der Waals surface area contributed by atoms with Crippen LogP contribution in [0.2, 0.25) is 0 Å². The van der Waals surface area contributed by atoms with Crippen LogP contribution in [-0.4, -0.2) is 27.1 Å². The summed E-state index contributed by atoms with van der Waals surface area (Å²) in [7, 11) is -3.18. The molecule has 102 valence electrons. The van der Waals surface area contributed by atoms with Crippen molar-refractivity contribution < 1.29 is 8.42 Å². The summed E-state index contributed by atoms with van der Waals surface area (Å²) in [4.78, 5) is 0.357. The predicted molar refractivity (Wildman–Crippen MR) is 77.2 cm³/mol. The van der Waals surface area contributed by atoms with E-state index in [0.717, 1.165) is 19.4 Å². The third-order valence-electron chi connectivity index (χ3n) is 2.74. The summed E-state index contributed by atoms with van der Waals surface area (Å²) in [5, 5.41) is 3.18. The number of para-hydroxylation sites is 1. The number of sulfone groups is 1. The molecule has 0 radical (unpaired) electrons. The summed E-state index contributed by atoms with van der Waals surface area (Å²) in [5.74, 6) is 1.17. The molecule has 0 aromatic heterocycles. The van der Waals surface area contributed by atoms with Gasteiger partial charge in [-0.2, -0.15) is 0 Å². The lowest BCUT2D eigenvalue weighted by molar-refractivity contribution is 0.572. The van der Waals surface area contributed by atoms with Crippen molar-refractivity contribution in [2.45, 2.75) is 24.7 Å². The Labute approximate surface area is 114 Å². The Morgan fingerprint density at radius 1 is 1.33 bits per heavy atom. The van der Waals surface area contributed by atoms with Gasteiger partial charge >= 0.3 is 0 Å². The minimum absolute atomic E-state index is 0.357. The van der Waals surface area contributed by atoms with Gasteiger partial charge in [0.2, 0.25) is 0 Å². The SMILES string of the molecule is CC(CCl)CCCNc1ccccc1S(C)(=O)=O. The van der Waals surface area contributed by atoms with Crippen LogP contribution < -0.4 is 5.32 Å². The lowest BCUT2D eigenvalue weighted by Crippen LogP contribution is -2.08. The van der Waals surface area contributed by atoms with Crippen molar-refractivity contribution in [3.05, 3.63) is 24.3 Å². The molecule has 1 aromatic carbocycles. The Hall–Kier alpha value is -0.740. The molecule has 5 heteroatoms. The molecular weight excluding hydrogens is 270 g/mol. The predicted octanol–water partition coefficient (Wildman–Crippen LogP) is 3.16. The summed E-state index contributed by atoms with van der Waals surface area (Å²) in [5.41, 5.74) is 0.679. The molecule has 1 rings (SSSR count). The fraction of sp³-hybridized carbons (Fsp3) is 0.538. The van der Waals surface area contributed by atoms with Crippen LogP contribution in [-0.2, 0) is 9.84 Å². The highest BCUT2D eigenvalue weighted by atomic mass is 35.5. The number of alkyl halides is 1. The van der Waals surface area contributed by atoms with Gasteiger partial charge in [-0.15, -0.1) is 11.6 Å². The molecular formula is C13H20ClNO2S. The van der Waals surface area contributed by atoms with E-state index in [0.29, 0.717) is 22.4 Å². The number of rotatable bonds is 7. The summed E-state index contributed by atoms with van der Waals surface area (Å²) >= 11 is 5.73. The third-order valence-corrected chi connectivity index (χ3v) is 4.42. The molecule has 0 saturated carbocycles. The minimum atomic E-state index is -3.18. The van der Waals surface area contributed by atoms with Gasteiger partial charge < -0.3 is 5.32 Å². The summed E-state index contributed by atoms with van der Waals surface area (Å²) in [6.45, 7) is 2.87. The quantitative estimate of drug-likeness (QED) is 0.619. The molecule has 0 aliphatic rings. The number of anilines is 1. The van der Waals surface area contributed by atoms with Crippen LogP contribution >= 0.6 is 11.6 Å². The molecule has 0 heterocycles. The average Bonchev–Trinajstić information content (AvgIpc) is 2.33. The van der Waals surface area contributed by atoms with E-state index >= 15 is 0 Å². The summed E-state index contributed by atoms with van der Waals surface area (Å²) in [6.07, 6.45) is 3.24. The zero-order chi connectivity index (χ0) is 13.6. The Balaban J connectivity index is 2.58. The standard InChI is InChI=1S/C13H20ClNO2S/c1-11(10-14)6-5-9-15-12-7-3-4-8-13(12)18(2,16)17/h3-4,7-8,11,15H,5-6,9-10H2,1-2H3. The van der Waals surface area contributed by atoms with Crippen molar-refractivity contribution in [2.75, 3.05) is 24.0 Å². The molecule has 0 spiro atoms. The molecule has 1 atom stereocenters. The van der Waals surface area contributed by atoms with Crippen LogP contribution in [0.1, 0.15) is 19.8 Å². The van der Waals surface area contributed by atoms with Crippen LogP contribution in [0, 0.1) is 5.92 Å². The van der Waals surface area contributed by atoms with Crippen LogP contribution in [0.25, 0.3) is 0 Å². The fourth-order valence-electron chi connectivity index (χ4n) is 1.69. The van der Waals surface area contributed by atoms with Gasteiger partial charge in [0.1, 0.15) is 0 Å². The highest BCUT2D eigenvalue weighted by molar-refractivity contribution is 7.90. The number of nitrogens with one attached hydrogen (secondary N) is 1. The van der Waals surface area contributed by atoms with Crippen molar-refractivity contribution in [3.8, 4) is 0 Å². The van der Waals surface area contributed by atoms with Crippen molar-refractivity contribution in [2.24, 2.45) is 5.92 Å². The zero-order valence-electron chi connectivity index (χ0n) is 10.8. The van der Waals surface area contributed by atoms with Crippen LogP contribution in [0.4, 0.5) is 5.69 Å². The highest BCUT2D eigenvalue weighted by Gasteiger charge is 2.11. The minimum Gasteiger partial charge on any atom is -0.384 e. The van der Waals surface area contributed by atoms with E-state index in [1.54, 1.807) is 18.2 Å². The highest BCUT2D eigenvalue weighted by Crippen LogP contribution is 2.20. The van der Waals surface area contributed by atoms with E-state index in [1.165, 1.54) is 6.26 Å². The van der Waals surface area contributed by atoms with Gasteiger partial charge in [0.15, 0.2) is 9.84 Å². The second kappa shape index (κ2) is 7.00. The van der Waals surface area contributed by atoms with E-state index in [9.17, 15) is 8.42 Å². The van der Waals surface area contributed by atoms with Gasteiger partial charge in [-0.3, -0.25) is 0 Å². The first-order valence-corrected chi connectivity index (χ1v) is 8.46. The lowest BCUT2D eigenvalue weighted by Gasteiger charge is -2.11. The van der Waals surface area contributed by atoms with Crippen LogP contribution in [0.15, 0.2) is 29.2 Å². The normalized spacial score (nSPS) is 13.3.